The summed E-state index contributed by atoms with van der Waals surface area (Å²) in [5, 5.41) is 0. The first kappa shape index (κ1) is 10.4. The summed E-state index contributed by atoms with van der Waals surface area (Å²) in [4.78, 5) is 0. The second-order valence-corrected chi connectivity index (χ2v) is 3.98. The Hall–Kier alpha value is -1.16. The van der Waals surface area contributed by atoms with Crippen molar-refractivity contribution in [2.45, 2.75) is 24.8 Å². The Morgan fingerprint density at radius 1 is 1.33 bits per heavy atom. The molecule has 1 aromatic rings. The van der Waals surface area contributed by atoms with Gasteiger partial charge in [0, 0.05) is 17.2 Å². The zero-order chi connectivity index (χ0) is 11.1. The van der Waals surface area contributed by atoms with Gasteiger partial charge in [-0.25, -0.2) is 8.78 Å². The van der Waals surface area contributed by atoms with Crippen LogP contribution in [0, 0.1) is 11.6 Å². The van der Waals surface area contributed by atoms with Crippen molar-refractivity contribution in [3.8, 4) is 5.75 Å². The number of ether oxygens (including phenoxy) is 1. The van der Waals surface area contributed by atoms with Crippen LogP contribution in [0.4, 0.5) is 8.78 Å². The summed E-state index contributed by atoms with van der Waals surface area (Å²) in [7, 11) is 1.31. The fraction of sp³-hybridized carbons (Fsp3) is 0.455. The Morgan fingerprint density at radius 3 is 2.47 bits per heavy atom. The molecule has 0 aromatic heterocycles. The summed E-state index contributed by atoms with van der Waals surface area (Å²) in [6.07, 6.45) is 2.34. The molecule has 0 aliphatic heterocycles. The molecule has 0 saturated heterocycles. The highest BCUT2D eigenvalue weighted by molar-refractivity contribution is 5.37. The number of methoxy groups -OCH3 is 1. The highest BCUT2D eigenvalue weighted by Crippen LogP contribution is 2.41. The van der Waals surface area contributed by atoms with E-state index in [1.54, 1.807) is 0 Å². The Labute approximate surface area is 87.0 Å². The number of hydrogen-bond acceptors (Lipinski definition) is 2. The molecule has 1 aliphatic carbocycles. The first-order valence-corrected chi connectivity index (χ1v) is 4.89. The number of hydrogen-bond donors (Lipinski definition) is 1. The van der Waals surface area contributed by atoms with E-state index >= 15 is 0 Å². The molecule has 0 spiro atoms. The second-order valence-electron chi connectivity index (χ2n) is 3.98. The molecule has 0 atom stereocenters. The van der Waals surface area contributed by atoms with Gasteiger partial charge < -0.3 is 10.5 Å². The lowest BCUT2D eigenvalue weighted by Crippen LogP contribution is -2.44. The van der Waals surface area contributed by atoms with Crippen LogP contribution in [0.1, 0.15) is 24.8 Å². The molecule has 2 N–H and O–H groups in total. The number of rotatable bonds is 2. The summed E-state index contributed by atoms with van der Waals surface area (Å²) < 4.78 is 31.7. The van der Waals surface area contributed by atoms with Gasteiger partial charge >= 0.3 is 0 Å². The Bertz CT molecular complexity index is 388. The van der Waals surface area contributed by atoms with Crippen molar-refractivity contribution in [1.82, 2.24) is 0 Å². The van der Waals surface area contributed by atoms with E-state index in [0.717, 1.165) is 18.6 Å². The molecule has 0 heterocycles. The van der Waals surface area contributed by atoms with Gasteiger partial charge in [0.2, 0.25) is 0 Å². The normalized spacial score (nSPS) is 18.4. The van der Waals surface area contributed by atoms with Crippen LogP contribution in [-0.4, -0.2) is 7.11 Å². The van der Waals surface area contributed by atoms with Crippen molar-refractivity contribution in [1.29, 1.82) is 0 Å². The molecule has 0 unspecified atom stereocenters. The van der Waals surface area contributed by atoms with Gasteiger partial charge in [0.25, 0.3) is 0 Å². The third-order valence-electron chi connectivity index (χ3n) is 3.01. The maximum absolute atomic E-state index is 13.8. The van der Waals surface area contributed by atoms with Gasteiger partial charge in [-0.05, 0) is 25.3 Å². The molecule has 1 aromatic carbocycles. The average molecular weight is 213 g/mol. The van der Waals surface area contributed by atoms with Crippen LogP contribution in [0.15, 0.2) is 12.1 Å². The molecule has 15 heavy (non-hydrogen) atoms. The number of halogens is 2. The fourth-order valence-corrected chi connectivity index (χ4v) is 1.90. The van der Waals surface area contributed by atoms with E-state index in [9.17, 15) is 8.78 Å². The monoisotopic (exact) mass is 213 g/mol. The fourth-order valence-electron chi connectivity index (χ4n) is 1.90. The van der Waals surface area contributed by atoms with Crippen LogP contribution in [-0.2, 0) is 5.54 Å². The maximum Gasteiger partial charge on any atom is 0.170 e. The van der Waals surface area contributed by atoms with Gasteiger partial charge in [0.15, 0.2) is 11.6 Å². The molecular weight excluding hydrogens is 200 g/mol. The Kier molecular flexibility index (Phi) is 2.38. The van der Waals surface area contributed by atoms with E-state index in [2.05, 4.69) is 0 Å². The van der Waals surface area contributed by atoms with Crippen molar-refractivity contribution in [2.24, 2.45) is 5.73 Å². The van der Waals surface area contributed by atoms with Crippen molar-refractivity contribution in [3.63, 3.8) is 0 Å². The van der Waals surface area contributed by atoms with E-state index in [4.69, 9.17) is 10.5 Å². The lowest BCUT2D eigenvalue weighted by molar-refractivity contribution is 0.240. The molecule has 82 valence electrons. The van der Waals surface area contributed by atoms with Crippen LogP contribution in [0.25, 0.3) is 0 Å². The minimum atomic E-state index is -0.709. The van der Waals surface area contributed by atoms with Crippen LogP contribution in [0.5, 0.6) is 5.75 Å². The molecule has 1 fully saturated rings. The zero-order valence-electron chi connectivity index (χ0n) is 8.52. The SMILES string of the molecule is COc1cc(F)cc(C2(N)CCC2)c1F. The highest BCUT2D eigenvalue weighted by atomic mass is 19.1. The number of benzene rings is 1. The van der Waals surface area contributed by atoms with Crippen molar-refractivity contribution in [2.75, 3.05) is 7.11 Å². The average Bonchev–Trinajstić information content (AvgIpc) is 2.17. The van der Waals surface area contributed by atoms with Crippen molar-refractivity contribution < 1.29 is 13.5 Å². The minimum absolute atomic E-state index is 0.0817. The van der Waals surface area contributed by atoms with Crippen LogP contribution in [0.3, 0.4) is 0 Å². The van der Waals surface area contributed by atoms with Gasteiger partial charge in [0.1, 0.15) is 5.82 Å². The molecule has 1 aliphatic rings. The van der Waals surface area contributed by atoms with Crippen LogP contribution in [0.2, 0.25) is 0 Å². The summed E-state index contributed by atoms with van der Waals surface area (Å²) in [6.45, 7) is 0. The molecule has 1 saturated carbocycles. The van der Waals surface area contributed by atoms with Gasteiger partial charge in [-0.2, -0.15) is 0 Å². The quantitative estimate of drug-likeness (QED) is 0.818. The first-order chi connectivity index (χ1) is 7.07. The predicted molar refractivity (Wildman–Crippen MR) is 52.6 cm³/mol. The second kappa shape index (κ2) is 3.45. The smallest absolute Gasteiger partial charge is 0.170 e. The lowest BCUT2D eigenvalue weighted by Gasteiger charge is -2.38. The summed E-state index contributed by atoms with van der Waals surface area (Å²) in [5.74, 6) is -1.14. The summed E-state index contributed by atoms with van der Waals surface area (Å²) >= 11 is 0. The lowest BCUT2D eigenvalue weighted by atomic mass is 9.72. The summed E-state index contributed by atoms with van der Waals surface area (Å²) in [5.41, 5.74) is 5.47. The van der Waals surface area contributed by atoms with E-state index in [1.807, 2.05) is 0 Å². The highest BCUT2D eigenvalue weighted by Gasteiger charge is 2.37. The van der Waals surface area contributed by atoms with Gasteiger partial charge in [-0.15, -0.1) is 0 Å². The van der Waals surface area contributed by atoms with E-state index in [0.29, 0.717) is 12.8 Å². The molecule has 0 bridgehead atoms. The predicted octanol–water partition coefficient (Wildman–Crippen LogP) is 2.31. The molecule has 4 heteroatoms. The molecule has 0 amide bonds. The molecular formula is C11H13F2NO. The summed E-state index contributed by atoms with van der Waals surface area (Å²) in [6, 6.07) is 2.19. The van der Waals surface area contributed by atoms with Gasteiger partial charge in [-0.3, -0.25) is 0 Å². The Balaban J connectivity index is 2.50. The molecule has 2 nitrogen and oxygen atoms in total. The third-order valence-corrected chi connectivity index (χ3v) is 3.01. The number of nitrogens with two attached hydrogens (primary N) is 1. The Morgan fingerprint density at radius 2 is 2.00 bits per heavy atom. The van der Waals surface area contributed by atoms with Crippen molar-refractivity contribution in [3.05, 3.63) is 29.3 Å². The topological polar surface area (TPSA) is 35.2 Å². The van der Waals surface area contributed by atoms with Crippen LogP contribution >= 0.6 is 0 Å². The minimum Gasteiger partial charge on any atom is -0.494 e. The first-order valence-electron chi connectivity index (χ1n) is 4.89. The molecule has 0 radical (unpaired) electrons. The van der Waals surface area contributed by atoms with Crippen molar-refractivity contribution >= 4 is 0 Å². The van der Waals surface area contributed by atoms with Gasteiger partial charge in [-0.1, -0.05) is 0 Å². The molecule has 2 rings (SSSR count). The maximum atomic E-state index is 13.8. The van der Waals surface area contributed by atoms with Gasteiger partial charge in [0.05, 0.1) is 7.11 Å². The third kappa shape index (κ3) is 1.59. The standard InChI is InChI=1S/C11H13F2NO/c1-15-9-6-7(12)5-8(10(9)13)11(14)3-2-4-11/h5-6H,2-4,14H2,1H3. The van der Waals surface area contributed by atoms with E-state index in [1.165, 1.54) is 7.11 Å². The van der Waals surface area contributed by atoms with E-state index < -0.39 is 17.2 Å². The van der Waals surface area contributed by atoms with E-state index in [-0.39, 0.29) is 11.3 Å². The van der Waals surface area contributed by atoms with Crippen LogP contribution < -0.4 is 10.5 Å². The largest absolute Gasteiger partial charge is 0.494 e. The zero-order valence-corrected chi connectivity index (χ0v) is 8.52.